The Hall–Kier alpha value is -0.960. The van der Waals surface area contributed by atoms with E-state index in [9.17, 15) is 0 Å². The van der Waals surface area contributed by atoms with Crippen molar-refractivity contribution in [2.75, 3.05) is 7.05 Å². The van der Waals surface area contributed by atoms with E-state index in [2.05, 4.69) is 22.2 Å². The van der Waals surface area contributed by atoms with Gasteiger partial charge in [-0.05, 0) is 20.4 Å². The second-order valence-corrected chi connectivity index (χ2v) is 3.92. The van der Waals surface area contributed by atoms with Crippen LogP contribution in [0.5, 0.6) is 0 Å². The van der Waals surface area contributed by atoms with Gasteiger partial charge in [0.1, 0.15) is 0 Å². The third-order valence-electron chi connectivity index (χ3n) is 2.60. The fourth-order valence-electron chi connectivity index (χ4n) is 1.62. The van der Waals surface area contributed by atoms with Crippen LogP contribution in [-0.4, -0.2) is 17.0 Å². The van der Waals surface area contributed by atoms with Gasteiger partial charge in [0.15, 0.2) is 0 Å². The van der Waals surface area contributed by atoms with Crippen LogP contribution in [0.15, 0.2) is 12.4 Å². The number of aryl methyl sites for hydroxylation is 1. The Kier molecular flexibility index (Phi) is 5.26. The van der Waals surface area contributed by atoms with Gasteiger partial charge in [0, 0.05) is 6.20 Å². The molecule has 0 aliphatic carbocycles. The fourth-order valence-corrected chi connectivity index (χ4v) is 1.62. The first kappa shape index (κ1) is 12.1. The summed E-state index contributed by atoms with van der Waals surface area (Å²) in [7, 11) is 1.98. The third-order valence-corrected chi connectivity index (χ3v) is 2.60. The van der Waals surface area contributed by atoms with Gasteiger partial charge in [-0.1, -0.05) is 26.2 Å². The van der Waals surface area contributed by atoms with E-state index in [0.29, 0.717) is 6.04 Å². The lowest BCUT2D eigenvalue weighted by atomic mass is 10.1. The molecule has 0 aliphatic rings. The molecule has 1 atom stereocenters. The minimum Gasteiger partial charge on any atom is -0.312 e. The molecular formula is C12H21N3. The lowest BCUT2D eigenvalue weighted by molar-refractivity contribution is 0.499. The summed E-state index contributed by atoms with van der Waals surface area (Å²) in [4.78, 5) is 8.68. The monoisotopic (exact) mass is 207 g/mol. The van der Waals surface area contributed by atoms with Crippen molar-refractivity contribution >= 4 is 0 Å². The molecule has 0 amide bonds. The molecule has 84 valence electrons. The normalized spacial score (nSPS) is 12.7. The lowest BCUT2D eigenvalue weighted by Crippen LogP contribution is -2.17. The summed E-state index contributed by atoms with van der Waals surface area (Å²) in [5, 5.41) is 3.29. The summed E-state index contributed by atoms with van der Waals surface area (Å²) in [6.45, 7) is 4.18. The van der Waals surface area contributed by atoms with E-state index in [1.165, 1.54) is 19.3 Å². The molecule has 0 saturated heterocycles. The molecule has 15 heavy (non-hydrogen) atoms. The number of hydrogen-bond donors (Lipinski definition) is 1. The van der Waals surface area contributed by atoms with Crippen LogP contribution in [0.2, 0.25) is 0 Å². The summed E-state index contributed by atoms with van der Waals surface area (Å²) in [6.07, 6.45) is 8.65. The summed E-state index contributed by atoms with van der Waals surface area (Å²) >= 11 is 0. The number of rotatable bonds is 6. The predicted octanol–water partition coefficient (Wildman–Crippen LogP) is 2.63. The van der Waals surface area contributed by atoms with Crippen LogP contribution in [0.4, 0.5) is 0 Å². The molecular weight excluding hydrogens is 186 g/mol. The van der Waals surface area contributed by atoms with E-state index in [4.69, 9.17) is 0 Å². The van der Waals surface area contributed by atoms with Crippen LogP contribution < -0.4 is 5.32 Å². The Morgan fingerprint density at radius 2 is 2.07 bits per heavy atom. The molecule has 0 aliphatic heterocycles. The molecule has 0 radical (unpaired) electrons. The van der Waals surface area contributed by atoms with Gasteiger partial charge in [0.05, 0.1) is 23.6 Å². The third kappa shape index (κ3) is 3.96. The predicted molar refractivity (Wildman–Crippen MR) is 62.7 cm³/mol. The van der Waals surface area contributed by atoms with Crippen molar-refractivity contribution in [2.45, 2.75) is 45.6 Å². The first-order valence-corrected chi connectivity index (χ1v) is 5.73. The van der Waals surface area contributed by atoms with Crippen molar-refractivity contribution in [2.24, 2.45) is 0 Å². The van der Waals surface area contributed by atoms with Crippen molar-refractivity contribution in [3.63, 3.8) is 0 Å². The van der Waals surface area contributed by atoms with Gasteiger partial charge < -0.3 is 5.32 Å². The van der Waals surface area contributed by atoms with Crippen LogP contribution >= 0.6 is 0 Å². The molecule has 1 aromatic rings. The van der Waals surface area contributed by atoms with Crippen LogP contribution in [0.1, 0.15) is 50.0 Å². The van der Waals surface area contributed by atoms with Gasteiger partial charge in [-0.3, -0.25) is 9.97 Å². The van der Waals surface area contributed by atoms with Crippen molar-refractivity contribution in [1.82, 2.24) is 15.3 Å². The van der Waals surface area contributed by atoms with E-state index in [1.807, 2.05) is 26.4 Å². The van der Waals surface area contributed by atoms with Gasteiger partial charge in [-0.2, -0.15) is 0 Å². The topological polar surface area (TPSA) is 37.8 Å². The standard InChI is InChI=1S/C12H21N3/c1-4-5-6-7-11(13-3)12-9-14-10(2)8-15-12/h8-9,11,13H,4-7H2,1-3H3. The smallest absolute Gasteiger partial charge is 0.0756 e. The van der Waals surface area contributed by atoms with E-state index in [-0.39, 0.29) is 0 Å². The molecule has 1 aromatic heterocycles. The van der Waals surface area contributed by atoms with Gasteiger partial charge in [-0.15, -0.1) is 0 Å². The van der Waals surface area contributed by atoms with Gasteiger partial charge in [-0.25, -0.2) is 0 Å². The Morgan fingerprint density at radius 3 is 2.60 bits per heavy atom. The van der Waals surface area contributed by atoms with E-state index < -0.39 is 0 Å². The lowest BCUT2D eigenvalue weighted by Gasteiger charge is -2.14. The summed E-state index contributed by atoms with van der Waals surface area (Å²) < 4.78 is 0. The summed E-state index contributed by atoms with van der Waals surface area (Å²) in [5.74, 6) is 0. The highest BCUT2D eigenvalue weighted by molar-refractivity contribution is 5.05. The van der Waals surface area contributed by atoms with Gasteiger partial charge in [0.25, 0.3) is 0 Å². The highest BCUT2D eigenvalue weighted by Gasteiger charge is 2.09. The molecule has 3 nitrogen and oxygen atoms in total. The molecule has 1 N–H and O–H groups in total. The highest BCUT2D eigenvalue weighted by atomic mass is 14.9. The first-order valence-electron chi connectivity index (χ1n) is 5.73. The fraction of sp³-hybridized carbons (Fsp3) is 0.667. The van der Waals surface area contributed by atoms with Gasteiger partial charge >= 0.3 is 0 Å². The Balaban J connectivity index is 2.53. The summed E-state index contributed by atoms with van der Waals surface area (Å²) in [5.41, 5.74) is 2.03. The Labute approximate surface area is 92.3 Å². The van der Waals surface area contributed by atoms with Crippen LogP contribution in [0.25, 0.3) is 0 Å². The molecule has 0 bridgehead atoms. The average Bonchev–Trinajstić information content (AvgIpc) is 2.26. The SMILES string of the molecule is CCCCCC(NC)c1cnc(C)cn1. The number of nitrogens with one attached hydrogen (secondary N) is 1. The maximum absolute atomic E-state index is 4.40. The Bertz CT molecular complexity index is 269. The highest BCUT2D eigenvalue weighted by Crippen LogP contribution is 2.16. The molecule has 1 heterocycles. The summed E-state index contributed by atoms with van der Waals surface area (Å²) in [6, 6.07) is 0.352. The van der Waals surface area contributed by atoms with E-state index >= 15 is 0 Å². The number of nitrogens with zero attached hydrogens (tertiary/aromatic N) is 2. The van der Waals surface area contributed by atoms with Crippen molar-refractivity contribution < 1.29 is 0 Å². The largest absolute Gasteiger partial charge is 0.312 e. The maximum Gasteiger partial charge on any atom is 0.0756 e. The average molecular weight is 207 g/mol. The van der Waals surface area contributed by atoms with Crippen LogP contribution in [-0.2, 0) is 0 Å². The molecule has 0 spiro atoms. The minimum absolute atomic E-state index is 0.352. The van der Waals surface area contributed by atoms with E-state index in [1.54, 1.807) is 0 Å². The Morgan fingerprint density at radius 1 is 1.27 bits per heavy atom. The maximum atomic E-state index is 4.40. The second kappa shape index (κ2) is 6.51. The zero-order valence-electron chi connectivity index (χ0n) is 9.95. The molecule has 0 saturated carbocycles. The molecule has 1 rings (SSSR count). The number of aromatic nitrogens is 2. The quantitative estimate of drug-likeness (QED) is 0.729. The van der Waals surface area contributed by atoms with Crippen LogP contribution in [0, 0.1) is 6.92 Å². The van der Waals surface area contributed by atoms with Crippen molar-refractivity contribution in [3.05, 3.63) is 23.8 Å². The van der Waals surface area contributed by atoms with Crippen molar-refractivity contribution in [1.29, 1.82) is 0 Å². The van der Waals surface area contributed by atoms with Crippen molar-refractivity contribution in [3.8, 4) is 0 Å². The van der Waals surface area contributed by atoms with E-state index in [0.717, 1.165) is 17.8 Å². The molecule has 1 unspecified atom stereocenters. The molecule has 0 aromatic carbocycles. The first-order chi connectivity index (χ1) is 7.27. The zero-order chi connectivity index (χ0) is 11.1. The number of unbranched alkanes of at least 4 members (excludes halogenated alkanes) is 2. The molecule has 0 fully saturated rings. The minimum atomic E-state index is 0.352. The van der Waals surface area contributed by atoms with Crippen LogP contribution in [0.3, 0.4) is 0 Å². The zero-order valence-corrected chi connectivity index (χ0v) is 9.95. The van der Waals surface area contributed by atoms with Gasteiger partial charge in [0.2, 0.25) is 0 Å². The molecule has 3 heteroatoms. The second-order valence-electron chi connectivity index (χ2n) is 3.92. The number of hydrogen-bond acceptors (Lipinski definition) is 3.